The van der Waals surface area contributed by atoms with Gasteiger partial charge in [0.15, 0.2) is 0 Å². The largest absolute Gasteiger partial charge is 0.368 e. The second kappa shape index (κ2) is 9.13. The first-order valence-corrected chi connectivity index (χ1v) is 12.0. The van der Waals surface area contributed by atoms with E-state index in [1.807, 2.05) is 56.3 Å². The Bertz CT molecular complexity index is 1440. The maximum Gasteiger partial charge on any atom is 0.240 e. The lowest BCUT2D eigenvalue weighted by atomic mass is 10.0. The molecule has 0 aliphatic heterocycles. The highest BCUT2D eigenvalue weighted by Crippen LogP contribution is 2.23. The number of nitrogens with two attached hydrogens (primary N) is 1. The Morgan fingerprint density at radius 2 is 1.67 bits per heavy atom. The second-order valence-electron chi connectivity index (χ2n) is 8.11. The predicted molar refractivity (Wildman–Crippen MR) is 129 cm³/mol. The number of primary amides is 1. The lowest BCUT2D eigenvalue weighted by molar-refractivity contribution is -0.119. The maximum atomic E-state index is 12.9. The molecule has 8 nitrogen and oxygen atoms in total. The third-order valence-electron chi connectivity index (χ3n) is 5.37. The second-order valence-corrected chi connectivity index (χ2v) is 9.87. The Balaban J connectivity index is 1.63. The van der Waals surface area contributed by atoms with Gasteiger partial charge < -0.3 is 11.1 Å². The molecule has 0 aliphatic rings. The van der Waals surface area contributed by atoms with Crippen molar-refractivity contribution in [2.24, 2.45) is 11.7 Å². The molecule has 0 spiro atoms. The first kappa shape index (κ1) is 22.6. The summed E-state index contributed by atoms with van der Waals surface area (Å²) >= 11 is 0. The molecule has 0 unspecified atom stereocenters. The van der Waals surface area contributed by atoms with E-state index in [4.69, 9.17) is 5.73 Å². The number of amides is 1. The van der Waals surface area contributed by atoms with Crippen LogP contribution in [0.3, 0.4) is 0 Å². The van der Waals surface area contributed by atoms with Gasteiger partial charge in [-0.25, -0.2) is 23.1 Å². The zero-order valence-corrected chi connectivity index (χ0v) is 19.1. The van der Waals surface area contributed by atoms with Crippen molar-refractivity contribution in [2.75, 3.05) is 5.32 Å². The molecule has 0 saturated heterocycles. The maximum absolute atomic E-state index is 12.9. The van der Waals surface area contributed by atoms with Gasteiger partial charge in [-0.3, -0.25) is 4.79 Å². The van der Waals surface area contributed by atoms with E-state index in [-0.39, 0.29) is 23.2 Å². The van der Waals surface area contributed by atoms with Crippen LogP contribution in [-0.2, 0) is 21.4 Å². The molecule has 1 heterocycles. The quantitative estimate of drug-likeness (QED) is 0.368. The van der Waals surface area contributed by atoms with Crippen molar-refractivity contribution in [1.29, 1.82) is 0 Å². The molecular formula is C24H25N5O3S. The monoisotopic (exact) mass is 463 g/mol. The number of para-hydroxylation sites is 1. The van der Waals surface area contributed by atoms with E-state index in [0.717, 1.165) is 10.8 Å². The van der Waals surface area contributed by atoms with E-state index in [1.54, 1.807) is 24.3 Å². The van der Waals surface area contributed by atoms with Crippen molar-refractivity contribution in [2.45, 2.75) is 31.3 Å². The highest BCUT2D eigenvalue weighted by Gasteiger charge is 2.22. The number of fused-ring (bicyclic) bond motifs is 2. The zero-order valence-electron chi connectivity index (χ0n) is 18.3. The minimum Gasteiger partial charge on any atom is -0.368 e. The molecule has 0 saturated carbocycles. The van der Waals surface area contributed by atoms with Crippen LogP contribution in [0.5, 0.6) is 0 Å². The van der Waals surface area contributed by atoms with E-state index in [9.17, 15) is 13.2 Å². The fraction of sp³-hybridized carbons (Fsp3) is 0.208. The molecule has 1 atom stereocenters. The van der Waals surface area contributed by atoms with Gasteiger partial charge in [-0.05, 0) is 41.0 Å². The van der Waals surface area contributed by atoms with Crippen LogP contribution >= 0.6 is 0 Å². The molecule has 4 rings (SSSR count). The van der Waals surface area contributed by atoms with Crippen molar-refractivity contribution in [3.05, 3.63) is 72.6 Å². The first-order chi connectivity index (χ1) is 15.7. The summed E-state index contributed by atoms with van der Waals surface area (Å²) < 4.78 is 28.4. The Morgan fingerprint density at radius 3 is 2.39 bits per heavy atom. The van der Waals surface area contributed by atoms with Crippen LogP contribution in [0, 0.1) is 5.92 Å². The number of carbonyl (C=O) groups excluding carboxylic acids is 1. The summed E-state index contributed by atoms with van der Waals surface area (Å²) in [6, 6.07) is 19.2. The molecule has 0 bridgehead atoms. The number of hydrogen-bond acceptors (Lipinski definition) is 6. The number of sulfonamides is 1. The van der Waals surface area contributed by atoms with E-state index in [2.05, 4.69) is 20.0 Å². The molecule has 0 aliphatic carbocycles. The lowest BCUT2D eigenvalue weighted by Crippen LogP contribution is -2.40. The molecule has 1 amide bonds. The highest BCUT2D eigenvalue weighted by molar-refractivity contribution is 7.89. The van der Waals surface area contributed by atoms with Crippen LogP contribution in [-0.4, -0.2) is 30.3 Å². The number of benzene rings is 3. The molecule has 4 N–H and O–H groups in total. The van der Waals surface area contributed by atoms with Gasteiger partial charge in [-0.15, -0.1) is 0 Å². The molecule has 4 aromatic rings. The van der Waals surface area contributed by atoms with Gasteiger partial charge in [0, 0.05) is 5.39 Å². The number of rotatable bonds is 8. The zero-order chi connectivity index (χ0) is 23.6. The Hall–Kier alpha value is -3.56. The molecule has 9 heteroatoms. The predicted octanol–water partition coefficient (Wildman–Crippen LogP) is 3.18. The Morgan fingerprint density at radius 1 is 0.970 bits per heavy atom. The molecule has 1 aromatic heterocycles. The van der Waals surface area contributed by atoms with Crippen molar-refractivity contribution in [3.8, 4) is 0 Å². The summed E-state index contributed by atoms with van der Waals surface area (Å²) in [6.45, 7) is 3.65. The van der Waals surface area contributed by atoms with Gasteiger partial charge in [0.1, 0.15) is 17.7 Å². The summed E-state index contributed by atoms with van der Waals surface area (Å²) in [5, 5.41) is 5.61. The fourth-order valence-electron chi connectivity index (χ4n) is 3.60. The fourth-order valence-corrected chi connectivity index (χ4v) is 4.62. The third kappa shape index (κ3) is 4.94. The standard InChI is InChI=1S/C24H25N5O3S/c1-15(2)22(23(25)30)29-24-19-9-5-6-10-20(19)27-21(28-24)14-26-33(31,32)18-12-11-16-7-3-4-8-17(16)13-18/h3-13,15,22,26H,14H2,1-2H3,(H2,25,30)(H,27,28,29)/t22-/m0/s1. The minimum absolute atomic E-state index is 0.0638. The molecule has 0 radical (unpaired) electrons. The average Bonchev–Trinajstić information content (AvgIpc) is 2.80. The van der Waals surface area contributed by atoms with Gasteiger partial charge in [0.25, 0.3) is 0 Å². The van der Waals surface area contributed by atoms with Gasteiger partial charge >= 0.3 is 0 Å². The third-order valence-corrected chi connectivity index (χ3v) is 6.77. The van der Waals surface area contributed by atoms with Crippen LogP contribution in [0.25, 0.3) is 21.7 Å². The van der Waals surface area contributed by atoms with Crippen LogP contribution in [0.4, 0.5) is 5.82 Å². The number of carbonyl (C=O) groups is 1. The van der Waals surface area contributed by atoms with Crippen LogP contribution in [0.1, 0.15) is 19.7 Å². The summed E-state index contributed by atoms with van der Waals surface area (Å²) in [6.07, 6.45) is 0. The van der Waals surface area contributed by atoms with Crippen molar-refractivity contribution >= 4 is 43.4 Å². The van der Waals surface area contributed by atoms with E-state index < -0.39 is 22.0 Å². The van der Waals surface area contributed by atoms with Gasteiger partial charge in [0.2, 0.25) is 15.9 Å². The highest BCUT2D eigenvalue weighted by atomic mass is 32.2. The van der Waals surface area contributed by atoms with E-state index >= 15 is 0 Å². The van der Waals surface area contributed by atoms with Crippen molar-refractivity contribution in [3.63, 3.8) is 0 Å². The normalized spacial score (nSPS) is 12.8. The topological polar surface area (TPSA) is 127 Å². The smallest absolute Gasteiger partial charge is 0.240 e. The molecule has 33 heavy (non-hydrogen) atoms. The summed E-state index contributed by atoms with van der Waals surface area (Å²) in [7, 11) is -3.79. The number of nitrogens with one attached hydrogen (secondary N) is 2. The van der Waals surface area contributed by atoms with E-state index in [1.165, 1.54) is 0 Å². The average molecular weight is 464 g/mol. The van der Waals surface area contributed by atoms with Crippen molar-refractivity contribution in [1.82, 2.24) is 14.7 Å². The summed E-state index contributed by atoms with van der Waals surface area (Å²) in [4.78, 5) is 21.0. The molecule has 170 valence electrons. The van der Waals surface area contributed by atoms with Gasteiger partial charge in [-0.2, -0.15) is 0 Å². The summed E-state index contributed by atoms with van der Waals surface area (Å²) in [5.74, 6) is 0.142. The Labute approximate surface area is 192 Å². The molecular weight excluding hydrogens is 438 g/mol. The van der Waals surface area contributed by atoms with Gasteiger partial charge in [-0.1, -0.05) is 56.3 Å². The lowest BCUT2D eigenvalue weighted by Gasteiger charge is -2.21. The van der Waals surface area contributed by atoms with E-state index in [0.29, 0.717) is 16.7 Å². The summed E-state index contributed by atoms with van der Waals surface area (Å²) in [5.41, 5.74) is 6.18. The SMILES string of the molecule is CC(C)[C@H](Nc1nc(CNS(=O)(=O)c2ccc3ccccc3c2)nc2ccccc12)C(N)=O. The number of anilines is 1. The van der Waals surface area contributed by atoms with Crippen molar-refractivity contribution < 1.29 is 13.2 Å². The number of aromatic nitrogens is 2. The van der Waals surface area contributed by atoms with Crippen LogP contribution in [0.15, 0.2) is 71.6 Å². The van der Waals surface area contributed by atoms with Crippen LogP contribution < -0.4 is 15.8 Å². The minimum atomic E-state index is -3.79. The first-order valence-electron chi connectivity index (χ1n) is 10.5. The van der Waals surface area contributed by atoms with Crippen LogP contribution in [0.2, 0.25) is 0 Å². The van der Waals surface area contributed by atoms with Gasteiger partial charge in [0.05, 0.1) is 17.0 Å². The molecule has 3 aromatic carbocycles. The molecule has 0 fully saturated rings. The Kier molecular flexibility index (Phi) is 6.26. The number of nitrogens with zero attached hydrogens (tertiary/aromatic N) is 2. The number of hydrogen-bond donors (Lipinski definition) is 3.